The lowest BCUT2D eigenvalue weighted by Gasteiger charge is -2.11. The Kier molecular flexibility index (Phi) is 13.2. The smallest absolute Gasteiger partial charge is 0.240 e. The summed E-state index contributed by atoms with van der Waals surface area (Å²) in [4.78, 5) is 4.45. The molecule has 0 aliphatic heterocycles. The highest BCUT2D eigenvalue weighted by atomic mass is 127. The second-order valence-electron chi connectivity index (χ2n) is 4.74. The first-order valence-electron chi connectivity index (χ1n) is 7.84. The number of aliphatic imine (C=N–C) groups is 1. The molecule has 0 bridgehead atoms. The molecular formula is C15H26ClIN4O3S. The van der Waals surface area contributed by atoms with E-state index < -0.39 is 10.0 Å². The van der Waals surface area contributed by atoms with Gasteiger partial charge in [0.25, 0.3) is 0 Å². The first-order chi connectivity index (χ1) is 11.5. The first kappa shape index (κ1) is 24.4. The summed E-state index contributed by atoms with van der Waals surface area (Å²) in [6, 6.07) is 6.13. The fraction of sp³-hybridized carbons (Fsp3) is 0.533. The van der Waals surface area contributed by atoms with Crippen molar-refractivity contribution in [2.75, 3.05) is 39.4 Å². The van der Waals surface area contributed by atoms with E-state index in [1.165, 1.54) is 12.1 Å². The lowest BCUT2D eigenvalue weighted by Crippen LogP contribution is -2.39. The van der Waals surface area contributed by atoms with Crippen molar-refractivity contribution in [1.29, 1.82) is 0 Å². The molecule has 0 saturated heterocycles. The topological polar surface area (TPSA) is 91.8 Å². The van der Waals surface area contributed by atoms with Gasteiger partial charge >= 0.3 is 0 Å². The maximum atomic E-state index is 12.1. The summed E-state index contributed by atoms with van der Waals surface area (Å²) in [6.45, 7) is 7.00. The van der Waals surface area contributed by atoms with Crippen molar-refractivity contribution >= 4 is 51.6 Å². The Bertz CT molecular complexity index is 629. The third kappa shape index (κ3) is 10.2. The van der Waals surface area contributed by atoms with Crippen LogP contribution in [0.4, 0.5) is 0 Å². The Hall–Kier alpha value is -0.620. The number of hydrogen-bond donors (Lipinski definition) is 3. The maximum absolute atomic E-state index is 12.1. The molecule has 0 heterocycles. The van der Waals surface area contributed by atoms with Crippen LogP contribution in [0.5, 0.6) is 0 Å². The van der Waals surface area contributed by atoms with Gasteiger partial charge in [0.1, 0.15) is 0 Å². The van der Waals surface area contributed by atoms with Gasteiger partial charge in [-0.1, -0.05) is 17.7 Å². The third-order valence-electron chi connectivity index (χ3n) is 2.87. The van der Waals surface area contributed by atoms with Gasteiger partial charge in [-0.25, -0.2) is 13.1 Å². The van der Waals surface area contributed by atoms with Crippen LogP contribution in [0.2, 0.25) is 5.02 Å². The summed E-state index contributed by atoms with van der Waals surface area (Å²) in [5.41, 5.74) is 0. The predicted molar refractivity (Wildman–Crippen MR) is 113 cm³/mol. The average molecular weight is 505 g/mol. The SMILES string of the molecule is CCNC(=NCCNS(=O)(=O)c1cccc(Cl)c1)NCCOCC.I. The van der Waals surface area contributed by atoms with Crippen LogP contribution in [-0.2, 0) is 14.8 Å². The maximum Gasteiger partial charge on any atom is 0.240 e. The van der Waals surface area contributed by atoms with Crippen LogP contribution in [-0.4, -0.2) is 53.8 Å². The second-order valence-corrected chi connectivity index (χ2v) is 6.94. The van der Waals surface area contributed by atoms with Gasteiger partial charge in [-0.05, 0) is 32.0 Å². The molecule has 7 nitrogen and oxygen atoms in total. The molecule has 0 aliphatic rings. The number of rotatable bonds is 10. The van der Waals surface area contributed by atoms with Gasteiger partial charge < -0.3 is 15.4 Å². The average Bonchev–Trinajstić information content (AvgIpc) is 2.55. The summed E-state index contributed by atoms with van der Waals surface area (Å²) in [5, 5.41) is 6.58. The van der Waals surface area contributed by atoms with E-state index in [1.807, 2.05) is 13.8 Å². The van der Waals surface area contributed by atoms with Gasteiger partial charge in [0, 0.05) is 31.3 Å². The number of hydrogen-bond acceptors (Lipinski definition) is 4. The van der Waals surface area contributed by atoms with Crippen molar-refractivity contribution in [3.63, 3.8) is 0 Å². The van der Waals surface area contributed by atoms with Crippen molar-refractivity contribution in [3.8, 4) is 0 Å². The molecule has 3 N–H and O–H groups in total. The van der Waals surface area contributed by atoms with E-state index in [0.29, 0.717) is 43.8 Å². The molecule has 25 heavy (non-hydrogen) atoms. The van der Waals surface area contributed by atoms with Gasteiger partial charge in [0.05, 0.1) is 18.0 Å². The zero-order chi connectivity index (χ0) is 17.8. The Balaban J connectivity index is 0.00000576. The van der Waals surface area contributed by atoms with Crippen molar-refractivity contribution in [2.24, 2.45) is 4.99 Å². The number of nitrogens with one attached hydrogen (secondary N) is 3. The van der Waals surface area contributed by atoms with E-state index in [1.54, 1.807) is 12.1 Å². The van der Waals surface area contributed by atoms with Gasteiger partial charge in [-0.2, -0.15) is 0 Å². The van der Waals surface area contributed by atoms with Crippen molar-refractivity contribution in [3.05, 3.63) is 29.3 Å². The standard InChI is InChI=1S/C15H25ClN4O3S.HI/c1-3-17-15(19-10-11-23-4-2)18-8-9-20-24(21,22)14-7-5-6-13(16)12-14;/h5-7,12,20H,3-4,8-11H2,1-2H3,(H2,17,18,19);1H. The minimum Gasteiger partial charge on any atom is -0.380 e. The molecule has 1 aromatic rings. The Morgan fingerprint density at radius 1 is 1.24 bits per heavy atom. The van der Waals surface area contributed by atoms with Gasteiger partial charge in [0.2, 0.25) is 10.0 Å². The van der Waals surface area contributed by atoms with Gasteiger partial charge in [-0.15, -0.1) is 24.0 Å². The Morgan fingerprint density at radius 3 is 2.64 bits per heavy atom. The number of guanidine groups is 1. The van der Waals surface area contributed by atoms with E-state index in [9.17, 15) is 8.42 Å². The zero-order valence-corrected chi connectivity index (χ0v) is 18.3. The molecule has 0 unspecified atom stereocenters. The minimum absolute atomic E-state index is 0. The first-order valence-corrected chi connectivity index (χ1v) is 9.71. The highest BCUT2D eigenvalue weighted by molar-refractivity contribution is 14.0. The van der Waals surface area contributed by atoms with E-state index >= 15 is 0 Å². The van der Waals surface area contributed by atoms with Crippen LogP contribution < -0.4 is 15.4 Å². The van der Waals surface area contributed by atoms with Crippen molar-refractivity contribution in [1.82, 2.24) is 15.4 Å². The fourth-order valence-corrected chi connectivity index (χ4v) is 3.11. The van der Waals surface area contributed by atoms with E-state index in [4.69, 9.17) is 16.3 Å². The highest BCUT2D eigenvalue weighted by Crippen LogP contribution is 2.14. The monoisotopic (exact) mass is 504 g/mol. The molecule has 10 heteroatoms. The summed E-state index contributed by atoms with van der Waals surface area (Å²) in [6.07, 6.45) is 0. The lowest BCUT2D eigenvalue weighted by atomic mass is 10.4. The van der Waals surface area contributed by atoms with E-state index in [-0.39, 0.29) is 35.4 Å². The molecule has 0 radical (unpaired) electrons. The Morgan fingerprint density at radius 2 is 2.00 bits per heavy atom. The summed E-state index contributed by atoms with van der Waals surface area (Å²) < 4.78 is 32.0. The molecule has 144 valence electrons. The lowest BCUT2D eigenvalue weighted by molar-refractivity contribution is 0.152. The minimum atomic E-state index is -3.58. The molecular weight excluding hydrogens is 479 g/mol. The quantitative estimate of drug-likeness (QED) is 0.196. The van der Waals surface area contributed by atoms with Crippen LogP contribution >= 0.6 is 35.6 Å². The number of benzene rings is 1. The molecule has 0 fully saturated rings. The molecule has 0 saturated carbocycles. The largest absolute Gasteiger partial charge is 0.380 e. The van der Waals surface area contributed by atoms with Crippen LogP contribution in [0.3, 0.4) is 0 Å². The summed E-state index contributed by atoms with van der Waals surface area (Å²) >= 11 is 5.82. The van der Waals surface area contributed by atoms with Crippen LogP contribution in [0.15, 0.2) is 34.2 Å². The van der Waals surface area contributed by atoms with E-state index in [0.717, 1.165) is 0 Å². The fourth-order valence-electron chi connectivity index (χ4n) is 1.79. The second kappa shape index (κ2) is 13.6. The van der Waals surface area contributed by atoms with Crippen LogP contribution in [0.25, 0.3) is 0 Å². The van der Waals surface area contributed by atoms with Crippen LogP contribution in [0, 0.1) is 0 Å². The van der Waals surface area contributed by atoms with Gasteiger partial charge in [-0.3, -0.25) is 4.99 Å². The normalized spacial score (nSPS) is 11.7. The van der Waals surface area contributed by atoms with Crippen LogP contribution in [0.1, 0.15) is 13.8 Å². The molecule has 0 aliphatic carbocycles. The zero-order valence-electron chi connectivity index (χ0n) is 14.4. The van der Waals surface area contributed by atoms with Crippen molar-refractivity contribution < 1.29 is 13.2 Å². The molecule has 0 amide bonds. The number of sulfonamides is 1. The summed E-state index contributed by atoms with van der Waals surface area (Å²) in [5.74, 6) is 0.624. The third-order valence-corrected chi connectivity index (χ3v) is 4.56. The van der Waals surface area contributed by atoms with Crippen molar-refractivity contribution in [2.45, 2.75) is 18.7 Å². The molecule has 1 aromatic carbocycles. The Labute approximate surface area is 172 Å². The highest BCUT2D eigenvalue weighted by Gasteiger charge is 2.13. The molecule has 0 spiro atoms. The van der Waals surface area contributed by atoms with Gasteiger partial charge in [0.15, 0.2) is 5.96 Å². The molecule has 0 atom stereocenters. The molecule has 1 rings (SSSR count). The van der Waals surface area contributed by atoms with E-state index in [2.05, 4.69) is 20.3 Å². The predicted octanol–water partition coefficient (Wildman–Crippen LogP) is 1.83. The summed E-state index contributed by atoms with van der Waals surface area (Å²) in [7, 11) is -3.58. The number of ether oxygens (including phenoxy) is 1. The number of nitrogens with zero attached hydrogens (tertiary/aromatic N) is 1. The number of halogens is 2. The molecule has 0 aromatic heterocycles.